The minimum Gasteiger partial charge on any atom is -0.367 e. The number of nitrogens with one attached hydrogen (secondary N) is 3. The summed E-state index contributed by atoms with van der Waals surface area (Å²) in [6, 6.07) is 11.5. The fourth-order valence-electron chi connectivity index (χ4n) is 3.97. The molecule has 3 N–H and O–H groups in total. The summed E-state index contributed by atoms with van der Waals surface area (Å²) in [5.41, 5.74) is 2.57. The maximum atomic E-state index is 14.3. The largest absolute Gasteiger partial charge is 0.367 e. The van der Waals surface area contributed by atoms with Gasteiger partial charge in [-0.05, 0) is 50.5 Å². The second-order valence-electron chi connectivity index (χ2n) is 8.06. The van der Waals surface area contributed by atoms with Gasteiger partial charge in [-0.25, -0.2) is 4.39 Å². The van der Waals surface area contributed by atoms with Crippen LogP contribution in [0.25, 0.3) is 10.9 Å². The van der Waals surface area contributed by atoms with Gasteiger partial charge < -0.3 is 15.5 Å². The van der Waals surface area contributed by atoms with Gasteiger partial charge in [-0.15, -0.1) is 0 Å². The number of fused-ring (bicyclic) bond motifs is 1. The minimum atomic E-state index is -0.728. The van der Waals surface area contributed by atoms with Crippen molar-refractivity contribution in [1.29, 1.82) is 0 Å². The molecule has 0 radical (unpaired) electrons. The smallest absolute Gasteiger partial charge is 0.273 e. The summed E-state index contributed by atoms with van der Waals surface area (Å²) in [7, 11) is 0. The van der Waals surface area contributed by atoms with Gasteiger partial charge in [-0.3, -0.25) is 14.7 Å². The Kier molecular flexibility index (Phi) is 5.88. The number of aromatic nitrogens is 2. The molecule has 2 amide bonds. The van der Waals surface area contributed by atoms with Crippen LogP contribution < -0.4 is 15.5 Å². The van der Waals surface area contributed by atoms with Crippen LogP contribution in [0, 0.1) is 12.7 Å². The van der Waals surface area contributed by atoms with Gasteiger partial charge in [-0.2, -0.15) is 5.10 Å². The van der Waals surface area contributed by atoms with Gasteiger partial charge in [0.1, 0.15) is 11.9 Å². The standard InChI is InChI=1S/C23H26FN5O2/c1-14-9-10-18(24)20(12-14)29-11-5-6-16(13-29)26-22(30)15(2)25-23(31)21-17-7-3-4-8-19(17)27-28-21/h3-4,7-10,12,15-16H,5-6,11,13H2,1-2H3,(H,25,31)(H,26,30)(H,27,28). The second kappa shape index (κ2) is 8.75. The van der Waals surface area contributed by atoms with Gasteiger partial charge in [0.25, 0.3) is 5.91 Å². The van der Waals surface area contributed by atoms with E-state index in [1.54, 1.807) is 19.1 Å². The number of hydrogen-bond acceptors (Lipinski definition) is 4. The molecule has 3 aromatic rings. The Balaban J connectivity index is 1.37. The number of benzene rings is 2. The van der Waals surface area contributed by atoms with E-state index >= 15 is 0 Å². The normalized spacial score (nSPS) is 17.4. The molecule has 2 aromatic carbocycles. The van der Waals surface area contributed by atoms with E-state index in [2.05, 4.69) is 20.8 Å². The number of carbonyl (C=O) groups excluding carboxylic acids is 2. The zero-order valence-electron chi connectivity index (χ0n) is 17.6. The monoisotopic (exact) mass is 423 g/mol. The molecule has 0 saturated carbocycles. The van der Waals surface area contributed by atoms with Crippen molar-refractivity contribution >= 4 is 28.4 Å². The molecule has 7 nitrogen and oxygen atoms in total. The fourth-order valence-corrected chi connectivity index (χ4v) is 3.97. The van der Waals surface area contributed by atoms with E-state index in [1.165, 1.54) is 6.07 Å². The molecule has 0 aliphatic carbocycles. The van der Waals surface area contributed by atoms with Gasteiger partial charge in [0.15, 0.2) is 5.69 Å². The lowest BCUT2D eigenvalue weighted by Crippen LogP contribution is -2.53. The molecule has 1 aliphatic heterocycles. The molecule has 1 fully saturated rings. The van der Waals surface area contributed by atoms with Crippen molar-refractivity contribution in [3.05, 3.63) is 59.5 Å². The molecule has 162 valence electrons. The Morgan fingerprint density at radius 2 is 2.06 bits per heavy atom. The van der Waals surface area contributed by atoms with Gasteiger partial charge in [0, 0.05) is 24.5 Å². The number of aromatic amines is 1. The minimum absolute atomic E-state index is 0.119. The third-order valence-electron chi connectivity index (χ3n) is 5.64. The average molecular weight is 423 g/mol. The van der Waals surface area contributed by atoms with Crippen LogP contribution in [0.15, 0.2) is 42.5 Å². The summed E-state index contributed by atoms with van der Waals surface area (Å²) in [6.07, 6.45) is 1.65. The van der Waals surface area contributed by atoms with Crippen LogP contribution in [-0.2, 0) is 4.79 Å². The number of piperidine rings is 1. The molecule has 31 heavy (non-hydrogen) atoms. The van der Waals surface area contributed by atoms with E-state index < -0.39 is 11.9 Å². The van der Waals surface area contributed by atoms with Crippen molar-refractivity contribution in [2.24, 2.45) is 0 Å². The van der Waals surface area contributed by atoms with Crippen molar-refractivity contribution in [2.45, 2.75) is 38.8 Å². The molecule has 2 unspecified atom stereocenters. The number of H-pyrrole nitrogens is 1. The van der Waals surface area contributed by atoms with E-state index in [0.29, 0.717) is 17.6 Å². The maximum Gasteiger partial charge on any atom is 0.273 e. The molecule has 0 bridgehead atoms. The predicted octanol–water partition coefficient (Wildman–Crippen LogP) is 2.91. The molecule has 1 aromatic heterocycles. The van der Waals surface area contributed by atoms with Crippen molar-refractivity contribution in [3.8, 4) is 0 Å². The van der Waals surface area contributed by atoms with Gasteiger partial charge >= 0.3 is 0 Å². The third kappa shape index (κ3) is 4.52. The van der Waals surface area contributed by atoms with Crippen LogP contribution in [0.5, 0.6) is 0 Å². The first kappa shape index (κ1) is 20.8. The van der Waals surface area contributed by atoms with E-state index in [0.717, 1.165) is 30.5 Å². The lowest BCUT2D eigenvalue weighted by atomic mass is 10.0. The van der Waals surface area contributed by atoms with Crippen molar-refractivity contribution in [2.75, 3.05) is 18.0 Å². The lowest BCUT2D eigenvalue weighted by molar-refractivity contribution is -0.123. The second-order valence-corrected chi connectivity index (χ2v) is 8.06. The van der Waals surface area contributed by atoms with Crippen LogP contribution in [-0.4, -0.2) is 47.2 Å². The molecule has 2 atom stereocenters. The van der Waals surface area contributed by atoms with E-state index in [1.807, 2.05) is 36.1 Å². The number of halogens is 1. The molecule has 1 aliphatic rings. The zero-order valence-corrected chi connectivity index (χ0v) is 17.6. The first-order valence-corrected chi connectivity index (χ1v) is 10.5. The Bertz CT molecular complexity index is 1110. The van der Waals surface area contributed by atoms with Crippen LogP contribution in [0.4, 0.5) is 10.1 Å². The van der Waals surface area contributed by atoms with Crippen molar-refractivity contribution in [1.82, 2.24) is 20.8 Å². The molecule has 1 saturated heterocycles. The van der Waals surface area contributed by atoms with Crippen molar-refractivity contribution < 1.29 is 14.0 Å². The van der Waals surface area contributed by atoms with Crippen LogP contribution in [0.2, 0.25) is 0 Å². The Labute approximate surface area is 180 Å². The molecule has 2 heterocycles. The number of nitrogens with zero attached hydrogens (tertiary/aromatic N) is 2. The van der Waals surface area contributed by atoms with Gasteiger partial charge in [-0.1, -0.05) is 24.3 Å². The lowest BCUT2D eigenvalue weighted by Gasteiger charge is -2.35. The SMILES string of the molecule is Cc1ccc(F)c(N2CCCC(NC(=O)C(C)NC(=O)c3n[nH]c4ccccc34)C2)c1. The highest BCUT2D eigenvalue weighted by Crippen LogP contribution is 2.24. The summed E-state index contributed by atoms with van der Waals surface area (Å²) in [5, 5.41) is 13.3. The predicted molar refractivity (Wildman–Crippen MR) is 118 cm³/mol. The summed E-state index contributed by atoms with van der Waals surface area (Å²) < 4.78 is 14.3. The highest BCUT2D eigenvalue weighted by Gasteiger charge is 2.26. The van der Waals surface area contributed by atoms with Crippen molar-refractivity contribution in [3.63, 3.8) is 0 Å². The Morgan fingerprint density at radius 3 is 2.90 bits per heavy atom. The molecular weight excluding hydrogens is 397 g/mol. The molecule has 4 rings (SSSR count). The average Bonchev–Trinajstić information content (AvgIpc) is 3.20. The maximum absolute atomic E-state index is 14.3. The van der Waals surface area contributed by atoms with Crippen LogP contribution in [0.1, 0.15) is 35.8 Å². The number of hydrogen-bond donors (Lipinski definition) is 3. The zero-order chi connectivity index (χ0) is 22.0. The quantitative estimate of drug-likeness (QED) is 0.589. The first-order chi connectivity index (χ1) is 14.9. The number of amides is 2. The molecule has 0 spiro atoms. The highest BCUT2D eigenvalue weighted by atomic mass is 19.1. The Hall–Kier alpha value is -3.42. The van der Waals surface area contributed by atoms with E-state index in [4.69, 9.17) is 0 Å². The number of anilines is 1. The highest BCUT2D eigenvalue weighted by molar-refractivity contribution is 6.05. The summed E-state index contributed by atoms with van der Waals surface area (Å²) in [4.78, 5) is 27.3. The van der Waals surface area contributed by atoms with Crippen LogP contribution in [0.3, 0.4) is 0 Å². The van der Waals surface area contributed by atoms with Crippen LogP contribution >= 0.6 is 0 Å². The van der Waals surface area contributed by atoms with Gasteiger partial charge in [0.05, 0.1) is 11.2 Å². The first-order valence-electron chi connectivity index (χ1n) is 10.5. The summed E-state index contributed by atoms with van der Waals surface area (Å²) in [5.74, 6) is -0.943. The number of para-hydroxylation sites is 1. The topological polar surface area (TPSA) is 90.1 Å². The summed E-state index contributed by atoms with van der Waals surface area (Å²) in [6.45, 7) is 4.84. The number of rotatable bonds is 5. The Morgan fingerprint density at radius 1 is 1.26 bits per heavy atom. The van der Waals surface area contributed by atoms with E-state index in [9.17, 15) is 14.0 Å². The molecule has 8 heteroatoms. The molecular formula is C23H26FN5O2. The summed E-state index contributed by atoms with van der Waals surface area (Å²) >= 11 is 0. The number of carbonyl (C=O) groups is 2. The third-order valence-corrected chi connectivity index (χ3v) is 5.64. The number of aryl methyl sites for hydroxylation is 1. The van der Waals surface area contributed by atoms with E-state index in [-0.39, 0.29) is 23.5 Å². The van der Waals surface area contributed by atoms with Gasteiger partial charge in [0.2, 0.25) is 5.91 Å². The fraction of sp³-hybridized carbons (Fsp3) is 0.348.